The van der Waals surface area contributed by atoms with E-state index < -0.39 is 40.3 Å². The fourth-order valence-corrected chi connectivity index (χ4v) is 2.37. The van der Waals surface area contributed by atoms with E-state index in [0.29, 0.717) is 0 Å². The second kappa shape index (κ2) is 7.94. The lowest BCUT2D eigenvalue weighted by Crippen LogP contribution is -2.51. The summed E-state index contributed by atoms with van der Waals surface area (Å²) in [5.41, 5.74) is -4.04. The fraction of sp³-hybridized carbons (Fsp3) is 0.333. The lowest BCUT2D eigenvalue weighted by Gasteiger charge is -2.22. The van der Waals surface area contributed by atoms with Crippen LogP contribution in [0.4, 0.5) is 13.2 Å². The van der Waals surface area contributed by atoms with Gasteiger partial charge in [0, 0.05) is 0 Å². The molecule has 1 aromatic carbocycles. The van der Waals surface area contributed by atoms with Gasteiger partial charge in [0.05, 0.1) is 31.7 Å². The minimum absolute atomic E-state index is 0.0561. The molecule has 0 unspecified atom stereocenters. The highest BCUT2D eigenvalue weighted by Crippen LogP contribution is 2.30. The first kappa shape index (κ1) is 21.9. The van der Waals surface area contributed by atoms with Gasteiger partial charge in [0.1, 0.15) is 5.54 Å². The molecule has 156 valence electrons. The molecule has 0 saturated carbocycles. The van der Waals surface area contributed by atoms with Gasteiger partial charge in [-0.1, -0.05) is 6.07 Å². The molecule has 1 amide bonds. The Hall–Kier alpha value is -3.37. The third-order valence-electron chi connectivity index (χ3n) is 3.88. The van der Waals surface area contributed by atoms with Crippen molar-refractivity contribution < 1.29 is 32.2 Å². The van der Waals surface area contributed by atoms with Gasteiger partial charge in [-0.15, -0.1) is 0 Å². The van der Waals surface area contributed by atoms with Crippen molar-refractivity contribution in [1.29, 1.82) is 0 Å². The molecule has 0 aliphatic carbocycles. The third-order valence-corrected chi connectivity index (χ3v) is 3.88. The molecule has 0 radical (unpaired) electrons. The number of amides is 1. The zero-order valence-corrected chi connectivity index (χ0v) is 16.0. The van der Waals surface area contributed by atoms with E-state index in [0.717, 1.165) is 43.3 Å². The van der Waals surface area contributed by atoms with E-state index in [1.807, 2.05) is 0 Å². The van der Waals surface area contributed by atoms with Crippen molar-refractivity contribution in [3.63, 3.8) is 0 Å². The first-order chi connectivity index (χ1) is 13.4. The summed E-state index contributed by atoms with van der Waals surface area (Å²) in [6.07, 6.45) is -3.54. The van der Waals surface area contributed by atoms with Crippen molar-refractivity contribution in [1.82, 2.24) is 15.1 Å². The Morgan fingerprint density at radius 1 is 1.17 bits per heavy atom. The number of hydrogen-bond acceptors (Lipinski definition) is 6. The number of alkyl halides is 3. The van der Waals surface area contributed by atoms with Crippen LogP contribution in [-0.4, -0.2) is 41.4 Å². The van der Waals surface area contributed by atoms with Gasteiger partial charge >= 0.3 is 12.1 Å². The molecule has 2 rings (SSSR count). The van der Waals surface area contributed by atoms with Crippen LogP contribution in [-0.2, 0) is 15.7 Å². The monoisotopic (exact) mass is 413 g/mol. The second-order valence-electron chi connectivity index (χ2n) is 6.44. The summed E-state index contributed by atoms with van der Waals surface area (Å²) in [7, 11) is 2.29. The number of esters is 1. The largest absolute Gasteiger partial charge is 0.491 e. The van der Waals surface area contributed by atoms with Crippen molar-refractivity contribution in [2.45, 2.75) is 25.6 Å². The SMILES string of the molecule is COC(=O)C(C)(C)NC(=O)c1nn(-c2cccc(C(F)(F)F)c2)cc(OC)c1=O. The van der Waals surface area contributed by atoms with Crippen LogP contribution in [0.2, 0.25) is 0 Å². The number of nitrogens with zero attached hydrogens (tertiary/aromatic N) is 2. The summed E-state index contributed by atoms with van der Waals surface area (Å²) >= 11 is 0. The van der Waals surface area contributed by atoms with Gasteiger partial charge in [-0.2, -0.15) is 18.3 Å². The maximum atomic E-state index is 13.0. The molecule has 0 aliphatic heterocycles. The van der Waals surface area contributed by atoms with Gasteiger partial charge < -0.3 is 14.8 Å². The van der Waals surface area contributed by atoms with Gasteiger partial charge in [-0.25, -0.2) is 9.48 Å². The third kappa shape index (κ3) is 4.73. The molecule has 0 spiro atoms. The Balaban J connectivity index is 2.55. The fourth-order valence-electron chi connectivity index (χ4n) is 2.37. The zero-order chi connectivity index (χ0) is 22.0. The molecule has 29 heavy (non-hydrogen) atoms. The summed E-state index contributed by atoms with van der Waals surface area (Å²) in [4.78, 5) is 36.7. The van der Waals surface area contributed by atoms with Crippen molar-refractivity contribution in [3.05, 3.63) is 51.9 Å². The number of methoxy groups -OCH3 is 2. The molecule has 0 saturated heterocycles. The molecular formula is C18H18F3N3O5. The van der Waals surface area contributed by atoms with Crippen LogP contribution in [0.5, 0.6) is 5.75 Å². The highest BCUT2D eigenvalue weighted by atomic mass is 19.4. The van der Waals surface area contributed by atoms with E-state index in [2.05, 4.69) is 15.2 Å². The number of ether oxygens (including phenoxy) is 2. The maximum absolute atomic E-state index is 13.0. The van der Waals surface area contributed by atoms with E-state index in [1.165, 1.54) is 19.9 Å². The van der Waals surface area contributed by atoms with Gasteiger partial charge in [0.2, 0.25) is 0 Å². The highest BCUT2D eigenvalue weighted by Gasteiger charge is 2.33. The Morgan fingerprint density at radius 2 is 1.83 bits per heavy atom. The van der Waals surface area contributed by atoms with Crippen LogP contribution in [0, 0.1) is 0 Å². The first-order valence-electron chi connectivity index (χ1n) is 8.17. The summed E-state index contributed by atoms with van der Waals surface area (Å²) in [5.74, 6) is -2.12. The number of hydrogen-bond donors (Lipinski definition) is 1. The van der Waals surface area contributed by atoms with Crippen LogP contribution in [0.1, 0.15) is 29.9 Å². The van der Waals surface area contributed by atoms with Crippen LogP contribution in [0.15, 0.2) is 35.3 Å². The molecule has 0 bridgehead atoms. The number of halogens is 3. The summed E-state index contributed by atoms with van der Waals surface area (Å²) in [5, 5.41) is 6.14. The number of nitrogens with one attached hydrogen (secondary N) is 1. The summed E-state index contributed by atoms with van der Waals surface area (Å²) in [6.45, 7) is 2.70. The van der Waals surface area contributed by atoms with Crippen molar-refractivity contribution in [3.8, 4) is 11.4 Å². The highest BCUT2D eigenvalue weighted by molar-refractivity contribution is 5.96. The van der Waals surface area contributed by atoms with Gasteiger partial charge in [-0.05, 0) is 32.0 Å². The van der Waals surface area contributed by atoms with Gasteiger partial charge in [0.25, 0.3) is 11.3 Å². The van der Waals surface area contributed by atoms with E-state index in [4.69, 9.17) is 4.74 Å². The molecule has 0 fully saturated rings. The Bertz CT molecular complexity index is 999. The minimum atomic E-state index is -4.59. The molecule has 1 N–H and O–H groups in total. The number of carbonyl (C=O) groups is 2. The Morgan fingerprint density at radius 3 is 2.38 bits per heavy atom. The van der Waals surface area contributed by atoms with E-state index in [-0.39, 0.29) is 11.4 Å². The lowest BCUT2D eigenvalue weighted by atomic mass is 10.1. The molecule has 1 aromatic heterocycles. The maximum Gasteiger partial charge on any atom is 0.416 e. The zero-order valence-electron chi connectivity index (χ0n) is 16.0. The van der Waals surface area contributed by atoms with Gasteiger partial charge in [0.15, 0.2) is 11.4 Å². The average Bonchev–Trinajstić information content (AvgIpc) is 2.66. The number of benzene rings is 1. The summed E-state index contributed by atoms with van der Waals surface area (Å²) in [6, 6.07) is 4.14. The predicted molar refractivity (Wildman–Crippen MR) is 94.9 cm³/mol. The van der Waals surface area contributed by atoms with Crippen LogP contribution in [0.3, 0.4) is 0 Å². The quantitative estimate of drug-likeness (QED) is 0.753. The molecular weight excluding hydrogens is 395 g/mol. The van der Waals surface area contributed by atoms with Crippen LogP contribution in [0.25, 0.3) is 5.69 Å². The van der Waals surface area contributed by atoms with Crippen molar-refractivity contribution in [2.24, 2.45) is 0 Å². The second-order valence-corrected chi connectivity index (χ2v) is 6.44. The van der Waals surface area contributed by atoms with Crippen LogP contribution >= 0.6 is 0 Å². The normalized spacial score (nSPS) is 11.7. The molecule has 0 aliphatic rings. The molecule has 0 atom stereocenters. The number of rotatable bonds is 5. The van der Waals surface area contributed by atoms with Crippen molar-refractivity contribution in [2.75, 3.05) is 14.2 Å². The van der Waals surface area contributed by atoms with E-state index in [9.17, 15) is 27.6 Å². The first-order valence-corrected chi connectivity index (χ1v) is 8.17. The number of aromatic nitrogens is 2. The minimum Gasteiger partial charge on any atom is -0.491 e. The summed E-state index contributed by atoms with van der Waals surface area (Å²) < 4.78 is 49.4. The van der Waals surface area contributed by atoms with E-state index >= 15 is 0 Å². The molecule has 8 nitrogen and oxygen atoms in total. The standard InChI is InChI=1S/C18H18F3N3O5/c1-17(2,16(27)29-4)22-15(26)13-14(25)12(28-3)9-24(23-13)11-7-5-6-10(8-11)18(19,20)21/h5-9H,1-4H3,(H,22,26). The van der Waals surface area contributed by atoms with E-state index in [1.54, 1.807) is 0 Å². The predicted octanol–water partition coefficient (Wildman–Crippen LogP) is 1.94. The Kier molecular flexibility index (Phi) is 6.00. The smallest absolute Gasteiger partial charge is 0.416 e. The van der Waals surface area contributed by atoms with Crippen LogP contribution < -0.4 is 15.5 Å². The molecule has 1 heterocycles. The topological polar surface area (TPSA) is 99.5 Å². The van der Waals surface area contributed by atoms with Crippen molar-refractivity contribution >= 4 is 11.9 Å². The molecule has 2 aromatic rings. The number of carbonyl (C=O) groups excluding carboxylic acids is 2. The lowest BCUT2D eigenvalue weighted by molar-refractivity contribution is -0.146. The average molecular weight is 413 g/mol. The Labute approximate surface area is 163 Å². The van der Waals surface area contributed by atoms with Gasteiger partial charge in [-0.3, -0.25) is 9.59 Å². The molecule has 11 heteroatoms.